The molecule has 0 rings (SSSR count). The van der Waals surface area contributed by atoms with Crippen molar-refractivity contribution in [2.24, 2.45) is 0 Å². The summed E-state index contributed by atoms with van der Waals surface area (Å²) in [5, 5.41) is 0. The van der Waals surface area contributed by atoms with E-state index in [0.717, 1.165) is 109 Å². The number of allylic oxidation sites excluding steroid dienone is 12. The highest BCUT2D eigenvalue weighted by atomic mass is 16.6. The van der Waals surface area contributed by atoms with Gasteiger partial charge in [0.05, 0.1) is 0 Å². The highest BCUT2D eigenvalue weighted by Crippen LogP contribution is 2.17. The molecule has 0 aliphatic heterocycles. The van der Waals surface area contributed by atoms with Crippen molar-refractivity contribution in [1.82, 2.24) is 0 Å². The molecule has 78 heavy (non-hydrogen) atoms. The minimum absolute atomic E-state index is 0.0787. The first-order chi connectivity index (χ1) is 38.5. The summed E-state index contributed by atoms with van der Waals surface area (Å²) in [6.07, 6.45) is 86.3. The van der Waals surface area contributed by atoms with Crippen LogP contribution in [-0.4, -0.2) is 37.2 Å². The summed E-state index contributed by atoms with van der Waals surface area (Å²) in [5.74, 6) is -0.878. The Bertz CT molecular complexity index is 1440. The predicted octanol–water partition coefficient (Wildman–Crippen LogP) is 23.3. The van der Waals surface area contributed by atoms with Crippen molar-refractivity contribution in [2.75, 3.05) is 13.2 Å². The second-order valence-corrected chi connectivity index (χ2v) is 22.7. The van der Waals surface area contributed by atoms with Gasteiger partial charge >= 0.3 is 17.9 Å². The second-order valence-electron chi connectivity index (χ2n) is 22.7. The maximum atomic E-state index is 12.9. The fraction of sp³-hybridized carbons (Fsp3) is 0.792. The fourth-order valence-corrected chi connectivity index (χ4v) is 9.88. The molecule has 0 aromatic carbocycles. The van der Waals surface area contributed by atoms with Gasteiger partial charge in [-0.05, 0) is 89.9 Å². The van der Waals surface area contributed by atoms with E-state index in [1.165, 1.54) is 199 Å². The molecule has 0 fully saturated rings. The third-order valence-electron chi connectivity index (χ3n) is 14.9. The van der Waals surface area contributed by atoms with Crippen molar-refractivity contribution in [3.8, 4) is 0 Å². The van der Waals surface area contributed by atoms with Gasteiger partial charge in [-0.25, -0.2) is 0 Å². The van der Waals surface area contributed by atoms with Crippen LogP contribution in [0.2, 0.25) is 0 Å². The first kappa shape index (κ1) is 74.8. The Morgan fingerprint density at radius 3 is 0.782 bits per heavy atom. The summed E-state index contributed by atoms with van der Waals surface area (Å²) in [5.41, 5.74) is 0. The Hall–Kier alpha value is -3.15. The highest BCUT2D eigenvalue weighted by Gasteiger charge is 2.19. The maximum absolute atomic E-state index is 12.9. The number of unbranched alkanes of at least 4 members (excludes halogenated alkanes) is 39. The largest absolute Gasteiger partial charge is 0.462 e. The summed E-state index contributed by atoms with van der Waals surface area (Å²) in [6.45, 7) is 6.55. The summed E-state index contributed by atoms with van der Waals surface area (Å²) < 4.78 is 17.0. The minimum atomic E-state index is -0.783. The molecule has 0 aliphatic carbocycles. The Kier molecular flexibility index (Phi) is 63.7. The van der Waals surface area contributed by atoms with Gasteiger partial charge in [0.15, 0.2) is 6.10 Å². The van der Waals surface area contributed by atoms with E-state index >= 15 is 0 Å². The Labute approximate surface area is 484 Å². The van der Waals surface area contributed by atoms with Crippen LogP contribution in [0.4, 0.5) is 0 Å². The van der Waals surface area contributed by atoms with Crippen molar-refractivity contribution in [3.63, 3.8) is 0 Å². The Morgan fingerprint density at radius 2 is 0.500 bits per heavy atom. The quantitative estimate of drug-likeness (QED) is 0.0261. The molecule has 452 valence electrons. The zero-order chi connectivity index (χ0) is 56.4. The molecule has 0 aliphatic rings. The lowest BCUT2D eigenvalue weighted by molar-refractivity contribution is -0.167. The van der Waals surface area contributed by atoms with Crippen molar-refractivity contribution in [1.29, 1.82) is 0 Å². The van der Waals surface area contributed by atoms with E-state index in [9.17, 15) is 14.4 Å². The van der Waals surface area contributed by atoms with Gasteiger partial charge in [-0.2, -0.15) is 0 Å². The van der Waals surface area contributed by atoms with Gasteiger partial charge in [0.1, 0.15) is 13.2 Å². The van der Waals surface area contributed by atoms with Gasteiger partial charge < -0.3 is 14.2 Å². The molecule has 0 saturated heterocycles. The topological polar surface area (TPSA) is 78.9 Å². The predicted molar refractivity (Wildman–Crippen MR) is 339 cm³/mol. The van der Waals surface area contributed by atoms with E-state index < -0.39 is 6.10 Å². The number of esters is 3. The molecule has 0 aromatic heterocycles. The van der Waals surface area contributed by atoms with E-state index in [0.29, 0.717) is 19.3 Å². The minimum Gasteiger partial charge on any atom is -0.462 e. The molecule has 1 unspecified atom stereocenters. The average Bonchev–Trinajstić information content (AvgIpc) is 3.44. The molecule has 6 heteroatoms. The summed E-state index contributed by atoms with van der Waals surface area (Å²) in [4.78, 5) is 38.4. The molecule has 0 spiro atoms. The molecule has 6 nitrogen and oxygen atoms in total. The van der Waals surface area contributed by atoms with Gasteiger partial charge in [0.25, 0.3) is 0 Å². The first-order valence-electron chi connectivity index (χ1n) is 33.9. The van der Waals surface area contributed by atoms with Gasteiger partial charge in [-0.15, -0.1) is 0 Å². The lowest BCUT2D eigenvalue weighted by atomic mass is 10.0. The fourth-order valence-electron chi connectivity index (χ4n) is 9.88. The van der Waals surface area contributed by atoms with Crippen LogP contribution in [0.25, 0.3) is 0 Å². The summed E-state index contributed by atoms with van der Waals surface area (Å²) >= 11 is 0. The molecule has 0 N–H and O–H groups in total. The van der Waals surface area contributed by atoms with Crippen LogP contribution >= 0.6 is 0 Å². The lowest BCUT2D eigenvalue weighted by Crippen LogP contribution is -2.30. The number of hydrogen-bond donors (Lipinski definition) is 0. The molecular weight excluding hydrogens is 961 g/mol. The SMILES string of the molecule is CC/C=C\C/C=C\C/C=C\CCCCCCCC(=O)OCC(COC(=O)CCCCCCCCCCCCCC/C=C\C/C=C\C/C=C\CCCCCCC)OC(=O)CCCCCCCCCCCCCCCCCCCC. The van der Waals surface area contributed by atoms with Crippen LogP contribution < -0.4 is 0 Å². The summed E-state index contributed by atoms with van der Waals surface area (Å²) in [7, 11) is 0. The van der Waals surface area contributed by atoms with Crippen LogP contribution in [0.5, 0.6) is 0 Å². The van der Waals surface area contributed by atoms with Crippen LogP contribution in [0.15, 0.2) is 72.9 Å². The van der Waals surface area contributed by atoms with Gasteiger partial charge in [0.2, 0.25) is 0 Å². The van der Waals surface area contributed by atoms with Gasteiger partial charge in [-0.3, -0.25) is 14.4 Å². The zero-order valence-electron chi connectivity index (χ0n) is 51.9. The standard InChI is InChI=1S/C72H128O6/c1-4-7-10-13-16-19-22-25-28-30-32-33-34-35-36-37-38-39-40-42-44-47-50-53-56-59-62-65-71(74)77-68-69(67-76-70(73)64-61-58-55-52-49-46-43-27-24-21-18-15-12-9-6-3)78-72(75)66-63-60-57-54-51-48-45-41-31-29-26-23-20-17-14-11-8-5-2/h9,12,18,21-22,25,27,30,32,34-35,43,69H,4-8,10-11,13-17,19-20,23-24,26,28-29,31,33,36-42,44-68H2,1-3H3/b12-9-,21-18-,25-22-,32-30-,35-34-,43-27-. The van der Waals surface area contributed by atoms with E-state index in [-0.39, 0.29) is 31.1 Å². The molecule has 0 radical (unpaired) electrons. The monoisotopic (exact) mass is 1090 g/mol. The van der Waals surface area contributed by atoms with Crippen LogP contribution in [-0.2, 0) is 28.6 Å². The van der Waals surface area contributed by atoms with Crippen LogP contribution in [0, 0.1) is 0 Å². The van der Waals surface area contributed by atoms with E-state index in [2.05, 4.69) is 93.7 Å². The number of ether oxygens (including phenoxy) is 3. The third kappa shape index (κ3) is 63.7. The second kappa shape index (κ2) is 66.4. The third-order valence-corrected chi connectivity index (χ3v) is 14.9. The smallest absolute Gasteiger partial charge is 0.306 e. The van der Waals surface area contributed by atoms with Gasteiger partial charge in [-0.1, -0.05) is 312 Å². The average molecular weight is 1090 g/mol. The number of carbonyl (C=O) groups excluding carboxylic acids is 3. The molecule has 0 heterocycles. The van der Waals surface area contributed by atoms with E-state index in [4.69, 9.17) is 14.2 Å². The molecule has 1 atom stereocenters. The molecule has 0 bridgehead atoms. The van der Waals surface area contributed by atoms with Gasteiger partial charge in [0, 0.05) is 19.3 Å². The van der Waals surface area contributed by atoms with Crippen molar-refractivity contribution < 1.29 is 28.6 Å². The van der Waals surface area contributed by atoms with E-state index in [1.54, 1.807) is 0 Å². The maximum Gasteiger partial charge on any atom is 0.306 e. The van der Waals surface area contributed by atoms with Crippen LogP contribution in [0.1, 0.15) is 348 Å². The van der Waals surface area contributed by atoms with Crippen LogP contribution in [0.3, 0.4) is 0 Å². The number of hydrogen-bond acceptors (Lipinski definition) is 6. The van der Waals surface area contributed by atoms with Crippen molar-refractivity contribution in [3.05, 3.63) is 72.9 Å². The number of rotatable bonds is 62. The number of carbonyl (C=O) groups is 3. The normalized spacial score (nSPS) is 12.5. The highest BCUT2D eigenvalue weighted by molar-refractivity contribution is 5.71. The molecule has 0 saturated carbocycles. The molecule has 0 aromatic rings. The molecular formula is C72H128O6. The zero-order valence-corrected chi connectivity index (χ0v) is 51.9. The lowest BCUT2D eigenvalue weighted by Gasteiger charge is -2.18. The Morgan fingerprint density at radius 1 is 0.269 bits per heavy atom. The van der Waals surface area contributed by atoms with Crippen molar-refractivity contribution >= 4 is 17.9 Å². The van der Waals surface area contributed by atoms with E-state index in [1.807, 2.05) is 0 Å². The van der Waals surface area contributed by atoms with Crippen molar-refractivity contribution in [2.45, 2.75) is 354 Å². The Balaban J connectivity index is 4.29. The first-order valence-corrected chi connectivity index (χ1v) is 33.9. The molecule has 0 amide bonds. The summed E-state index contributed by atoms with van der Waals surface area (Å²) in [6, 6.07) is 0.